The number of hydrogen-bond acceptors (Lipinski definition) is 3. The fourth-order valence-electron chi connectivity index (χ4n) is 4.70. The van der Waals surface area contributed by atoms with Crippen LogP contribution in [0.5, 0.6) is 0 Å². The zero-order valence-corrected chi connectivity index (χ0v) is 27.3. The van der Waals surface area contributed by atoms with Crippen molar-refractivity contribution in [3.63, 3.8) is 0 Å². The summed E-state index contributed by atoms with van der Waals surface area (Å²) in [6, 6.07) is 0. The molecule has 2 unspecified atom stereocenters. The standard InChI is InChI=1S/C35H58N6/c1-10-26(11-2)21-39-33(36)25(9)16-17-29(34(37)40-22-27(12-3)13-4)18-19-30(32-20-31(32)24(7)8)35(38)41-23-28(14-5)15-6/h10,12,14,17,19,24,31-32H,9,11,13,15-16,18,20-23H2,1-8H3,(H2,36,39)(H2,37,40)(H2,38,41). The van der Waals surface area contributed by atoms with Gasteiger partial charge in [0, 0.05) is 0 Å². The number of allylic oxidation sites excluding steroid dienone is 5. The maximum atomic E-state index is 6.63. The fourth-order valence-corrected chi connectivity index (χ4v) is 4.70. The molecule has 1 rings (SSSR count). The van der Waals surface area contributed by atoms with Crippen LogP contribution in [0.3, 0.4) is 0 Å². The summed E-state index contributed by atoms with van der Waals surface area (Å²) in [7, 11) is 0. The monoisotopic (exact) mass is 562 g/mol. The van der Waals surface area contributed by atoms with Gasteiger partial charge in [-0.05, 0) is 93.8 Å². The summed E-state index contributed by atoms with van der Waals surface area (Å²) < 4.78 is 0. The highest BCUT2D eigenvalue weighted by Crippen LogP contribution is 2.49. The first-order valence-corrected chi connectivity index (χ1v) is 15.5. The quantitative estimate of drug-likeness (QED) is 0.0907. The van der Waals surface area contributed by atoms with Crippen molar-refractivity contribution in [1.29, 1.82) is 0 Å². The molecular formula is C35H58N6. The molecule has 41 heavy (non-hydrogen) atoms. The van der Waals surface area contributed by atoms with Crippen molar-refractivity contribution in [2.75, 3.05) is 19.6 Å². The minimum atomic E-state index is 0.431. The summed E-state index contributed by atoms with van der Waals surface area (Å²) in [5.41, 5.74) is 26.2. The highest BCUT2D eigenvalue weighted by Gasteiger charge is 2.42. The first kappa shape index (κ1) is 35.9. The Labute approximate surface area is 251 Å². The molecule has 228 valence electrons. The molecule has 2 atom stereocenters. The van der Waals surface area contributed by atoms with Gasteiger partial charge in [-0.25, -0.2) is 0 Å². The van der Waals surface area contributed by atoms with E-state index in [-0.39, 0.29) is 0 Å². The van der Waals surface area contributed by atoms with Crippen LogP contribution >= 0.6 is 0 Å². The van der Waals surface area contributed by atoms with Gasteiger partial charge in [-0.15, -0.1) is 0 Å². The van der Waals surface area contributed by atoms with E-state index >= 15 is 0 Å². The Kier molecular flexibility index (Phi) is 16.7. The number of amidine groups is 3. The van der Waals surface area contributed by atoms with Gasteiger partial charge in [-0.3, -0.25) is 15.0 Å². The number of nitrogens with zero attached hydrogens (tertiary/aromatic N) is 3. The topological polar surface area (TPSA) is 115 Å². The van der Waals surface area contributed by atoms with Crippen molar-refractivity contribution in [2.45, 2.75) is 93.9 Å². The average Bonchev–Trinajstić information content (AvgIpc) is 3.77. The molecule has 0 saturated heterocycles. The molecule has 0 aromatic carbocycles. The smallest absolute Gasteiger partial charge is 0.121 e. The van der Waals surface area contributed by atoms with Crippen LogP contribution in [-0.4, -0.2) is 37.1 Å². The Hall–Kier alpha value is -3.15. The lowest BCUT2D eigenvalue weighted by molar-refractivity contribution is 0.539. The number of aliphatic imine (C=N–C) groups is 3. The third kappa shape index (κ3) is 12.5. The van der Waals surface area contributed by atoms with E-state index in [0.29, 0.717) is 67.7 Å². The van der Waals surface area contributed by atoms with Gasteiger partial charge in [0.25, 0.3) is 0 Å². The molecule has 0 aromatic rings. The molecule has 0 aromatic heterocycles. The molecule has 6 nitrogen and oxygen atoms in total. The van der Waals surface area contributed by atoms with E-state index in [1.807, 2.05) is 13.8 Å². The maximum Gasteiger partial charge on any atom is 0.121 e. The summed E-state index contributed by atoms with van der Waals surface area (Å²) in [4.78, 5) is 14.1. The molecule has 0 heterocycles. The third-order valence-corrected chi connectivity index (χ3v) is 8.16. The van der Waals surface area contributed by atoms with E-state index in [9.17, 15) is 0 Å². The fraction of sp³-hybridized carbons (Fsp3) is 0.571. The first-order chi connectivity index (χ1) is 19.6. The second-order valence-corrected chi connectivity index (χ2v) is 11.2. The zero-order chi connectivity index (χ0) is 30.9. The Bertz CT molecular complexity index is 1110. The summed E-state index contributed by atoms with van der Waals surface area (Å²) in [5.74, 6) is 3.32. The molecule has 1 aliphatic carbocycles. The van der Waals surface area contributed by atoms with Gasteiger partial charge in [0.2, 0.25) is 0 Å². The maximum absolute atomic E-state index is 6.63. The zero-order valence-electron chi connectivity index (χ0n) is 27.3. The summed E-state index contributed by atoms with van der Waals surface area (Å²) in [6.45, 7) is 23.1. The first-order valence-electron chi connectivity index (χ1n) is 15.5. The predicted molar refractivity (Wildman–Crippen MR) is 183 cm³/mol. The van der Waals surface area contributed by atoms with Gasteiger partial charge in [-0.2, -0.15) is 0 Å². The molecule has 6 heteroatoms. The van der Waals surface area contributed by atoms with E-state index in [4.69, 9.17) is 27.2 Å². The Morgan fingerprint density at radius 3 is 1.61 bits per heavy atom. The third-order valence-electron chi connectivity index (χ3n) is 8.16. The highest BCUT2D eigenvalue weighted by molar-refractivity contribution is 6.00. The van der Waals surface area contributed by atoms with Gasteiger partial charge in [-0.1, -0.05) is 88.3 Å². The van der Waals surface area contributed by atoms with Crippen LogP contribution in [0.15, 0.2) is 85.4 Å². The number of nitrogens with two attached hydrogens (primary N) is 3. The van der Waals surface area contributed by atoms with Crippen LogP contribution in [0.4, 0.5) is 0 Å². The Balaban J connectivity index is 3.36. The molecule has 6 N–H and O–H groups in total. The lowest BCUT2D eigenvalue weighted by atomic mass is 9.99. The minimum absolute atomic E-state index is 0.431. The molecule has 0 bridgehead atoms. The summed E-state index contributed by atoms with van der Waals surface area (Å²) in [6.07, 6.45) is 15.8. The second-order valence-electron chi connectivity index (χ2n) is 11.2. The molecule has 0 spiro atoms. The number of hydrogen-bond donors (Lipinski definition) is 3. The molecule has 0 amide bonds. The Morgan fingerprint density at radius 1 is 0.732 bits per heavy atom. The number of rotatable bonds is 18. The van der Waals surface area contributed by atoms with E-state index in [1.165, 1.54) is 16.7 Å². The van der Waals surface area contributed by atoms with Crippen molar-refractivity contribution < 1.29 is 0 Å². The van der Waals surface area contributed by atoms with E-state index < -0.39 is 0 Å². The SMILES string of the molecule is C=C(CC=C(CC=C(C(N)=NCC(=CC)CC)C1CC1C(C)C)C(N)=NCC(=CC)CC)C(N)=NCC(=CC)CC. The van der Waals surface area contributed by atoms with E-state index in [1.54, 1.807) is 0 Å². The van der Waals surface area contributed by atoms with Gasteiger partial charge in [0.1, 0.15) is 17.5 Å². The van der Waals surface area contributed by atoms with E-state index in [2.05, 4.69) is 83.5 Å². The lowest BCUT2D eigenvalue weighted by Crippen LogP contribution is -2.20. The van der Waals surface area contributed by atoms with Gasteiger partial charge < -0.3 is 17.2 Å². The van der Waals surface area contributed by atoms with Gasteiger partial charge >= 0.3 is 0 Å². The van der Waals surface area contributed by atoms with E-state index in [0.717, 1.165) is 42.4 Å². The van der Waals surface area contributed by atoms with Crippen molar-refractivity contribution in [1.82, 2.24) is 0 Å². The van der Waals surface area contributed by atoms with Crippen LogP contribution in [0, 0.1) is 17.8 Å². The van der Waals surface area contributed by atoms with Crippen LogP contribution < -0.4 is 17.2 Å². The Morgan fingerprint density at radius 2 is 1.20 bits per heavy atom. The highest BCUT2D eigenvalue weighted by atomic mass is 14.9. The van der Waals surface area contributed by atoms with Crippen molar-refractivity contribution in [3.8, 4) is 0 Å². The summed E-state index contributed by atoms with van der Waals surface area (Å²) in [5, 5.41) is 0. The van der Waals surface area contributed by atoms with Crippen LogP contribution in [-0.2, 0) is 0 Å². The van der Waals surface area contributed by atoms with Gasteiger partial charge in [0.05, 0.1) is 19.6 Å². The molecule has 0 radical (unpaired) electrons. The van der Waals surface area contributed by atoms with Crippen LogP contribution in [0.1, 0.15) is 93.9 Å². The largest absolute Gasteiger partial charge is 0.384 e. The molecular weight excluding hydrogens is 504 g/mol. The van der Waals surface area contributed by atoms with Crippen molar-refractivity contribution in [3.05, 3.63) is 70.4 Å². The predicted octanol–water partition coefficient (Wildman–Crippen LogP) is 7.61. The normalized spacial score (nSPS) is 20.2. The van der Waals surface area contributed by atoms with Crippen LogP contribution in [0.2, 0.25) is 0 Å². The minimum Gasteiger partial charge on any atom is -0.384 e. The second kappa shape index (κ2) is 19.1. The molecule has 1 aliphatic rings. The molecule has 1 saturated carbocycles. The average molecular weight is 563 g/mol. The summed E-state index contributed by atoms with van der Waals surface area (Å²) >= 11 is 0. The molecule has 0 aliphatic heterocycles. The van der Waals surface area contributed by atoms with Crippen molar-refractivity contribution in [2.24, 2.45) is 49.9 Å². The van der Waals surface area contributed by atoms with Crippen molar-refractivity contribution >= 4 is 17.5 Å². The van der Waals surface area contributed by atoms with Gasteiger partial charge in [0.15, 0.2) is 0 Å². The molecule has 1 fully saturated rings. The lowest BCUT2D eigenvalue weighted by Gasteiger charge is -2.12. The van der Waals surface area contributed by atoms with Crippen LogP contribution in [0.25, 0.3) is 0 Å².